The Kier molecular flexibility index (Phi) is 6.82. The minimum absolute atomic E-state index is 0.0497. The summed E-state index contributed by atoms with van der Waals surface area (Å²) in [6.45, 7) is 3.32. The molecule has 0 aliphatic carbocycles. The molecule has 0 spiro atoms. The third kappa shape index (κ3) is 4.36. The predicted molar refractivity (Wildman–Crippen MR) is 152 cm³/mol. The fraction of sp³-hybridized carbons (Fsp3) is 0.357. The molecule has 4 heterocycles. The molecule has 3 amide bonds. The van der Waals surface area contributed by atoms with Crippen LogP contribution in [0.15, 0.2) is 62.8 Å². The Morgan fingerprint density at radius 2 is 1.63 bits per heavy atom. The van der Waals surface area contributed by atoms with Crippen LogP contribution in [-0.4, -0.2) is 45.5 Å². The highest BCUT2D eigenvalue weighted by molar-refractivity contribution is 9.10. The summed E-state index contributed by atoms with van der Waals surface area (Å²) in [6.07, 6.45) is 3.05. The van der Waals surface area contributed by atoms with Gasteiger partial charge in [0.15, 0.2) is 0 Å². The minimum Gasteiger partial charge on any atom is -0.341 e. The van der Waals surface area contributed by atoms with Gasteiger partial charge in [-0.05, 0) is 56.0 Å². The van der Waals surface area contributed by atoms with Gasteiger partial charge in [0, 0.05) is 28.4 Å². The predicted octanol–water partition coefficient (Wildman–Crippen LogP) is 4.79. The molecular weight excluding hydrogens is 586 g/mol. The molecule has 38 heavy (non-hydrogen) atoms. The number of thiazole rings is 1. The second-order valence-electron chi connectivity index (χ2n) is 10.0. The molecule has 0 bridgehead atoms. The maximum atomic E-state index is 13.9. The number of carbonyl (C=O) groups excluding carboxylic acids is 3. The number of hydrogen-bond acceptors (Lipinski definition) is 6. The number of benzene rings is 2. The number of hydrogen-bond donors (Lipinski definition) is 0. The first-order chi connectivity index (χ1) is 18.3. The summed E-state index contributed by atoms with van der Waals surface area (Å²) in [5.74, 6) is -1.72. The van der Waals surface area contributed by atoms with E-state index in [1.807, 2.05) is 48.2 Å². The van der Waals surface area contributed by atoms with E-state index in [1.165, 1.54) is 21.2 Å². The number of likely N-dealkylation sites (tertiary alicyclic amines) is 1. The van der Waals surface area contributed by atoms with Gasteiger partial charge in [0.1, 0.15) is 11.8 Å². The van der Waals surface area contributed by atoms with Gasteiger partial charge in [0.05, 0.1) is 16.6 Å². The van der Waals surface area contributed by atoms with Crippen LogP contribution < -0.4 is 9.77 Å². The first-order valence-electron chi connectivity index (χ1n) is 12.7. The third-order valence-corrected chi connectivity index (χ3v) is 10.7. The Morgan fingerprint density at radius 1 is 0.947 bits per heavy atom. The molecule has 6 rings (SSSR count). The lowest BCUT2D eigenvalue weighted by atomic mass is 9.83. The number of thioether (sulfide) groups is 1. The van der Waals surface area contributed by atoms with Crippen molar-refractivity contribution in [1.29, 1.82) is 0 Å². The first kappa shape index (κ1) is 25.6. The van der Waals surface area contributed by atoms with Gasteiger partial charge in [-0.3, -0.25) is 23.7 Å². The summed E-state index contributed by atoms with van der Waals surface area (Å²) in [7, 11) is 0. The molecule has 2 aromatic carbocycles. The zero-order valence-electron chi connectivity index (χ0n) is 20.8. The Labute approximate surface area is 236 Å². The van der Waals surface area contributed by atoms with Crippen LogP contribution in [-0.2, 0) is 20.9 Å². The van der Waals surface area contributed by atoms with Gasteiger partial charge in [-0.15, -0.1) is 0 Å². The lowest BCUT2D eigenvalue weighted by molar-refractivity contribution is -0.133. The van der Waals surface area contributed by atoms with Gasteiger partial charge >= 0.3 is 4.87 Å². The summed E-state index contributed by atoms with van der Waals surface area (Å²) in [5.41, 5.74) is 2.46. The summed E-state index contributed by atoms with van der Waals surface area (Å²) < 4.78 is 2.42. The van der Waals surface area contributed by atoms with Crippen molar-refractivity contribution >= 4 is 62.4 Å². The quantitative estimate of drug-likeness (QED) is 0.396. The Morgan fingerprint density at radius 3 is 2.32 bits per heavy atom. The smallest absolute Gasteiger partial charge is 0.308 e. The second-order valence-corrected chi connectivity index (χ2v) is 13.0. The van der Waals surface area contributed by atoms with E-state index in [1.54, 1.807) is 12.1 Å². The topological polar surface area (TPSA) is 79.7 Å². The molecule has 3 aliphatic rings. The number of amides is 3. The Balaban J connectivity index is 1.43. The number of rotatable bonds is 4. The van der Waals surface area contributed by atoms with E-state index in [0.29, 0.717) is 23.8 Å². The Hall–Kier alpha value is -2.69. The summed E-state index contributed by atoms with van der Waals surface area (Å²) in [6, 6.07) is 15.1. The molecule has 196 valence electrons. The maximum absolute atomic E-state index is 13.9. The van der Waals surface area contributed by atoms with Crippen LogP contribution in [0, 0.1) is 12.8 Å². The van der Waals surface area contributed by atoms with Crippen LogP contribution >= 0.6 is 39.0 Å². The standard InChI is InChI=1S/C28H26BrN3O4S2/c1-16-5-11-19(12-6-16)32-25(34)22-21(17-7-9-18(29)10-8-17)24-27(37-23(22)26(32)35)31(28(36)38-24)15-20(33)30-13-3-2-4-14-30/h5-12,21-23H,2-4,13-15H2,1H3/t21-,22-,23+/m0/s1. The first-order valence-corrected chi connectivity index (χ1v) is 15.2. The number of imide groups is 1. The lowest BCUT2D eigenvalue weighted by Gasteiger charge is -2.31. The monoisotopic (exact) mass is 611 g/mol. The molecule has 0 radical (unpaired) electrons. The van der Waals surface area contributed by atoms with E-state index in [2.05, 4.69) is 15.9 Å². The highest BCUT2D eigenvalue weighted by Gasteiger charge is 2.56. The molecule has 3 aromatic rings. The number of carbonyl (C=O) groups is 3. The zero-order valence-corrected chi connectivity index (χ0v) is 24.0. The number of aryl methyl sites for hydroxylation is 1. The highest BCUT2D eigenvalue weighted by atomic mass is 79.9. The van der Waals surface area contributed by atoms with E-state index >= 15 is 0 Å². The van der Waals surface area contributed by atoms with E-state index in [0.717, 1.165) is 51.1 Å². The fourth-order valence-electron chi connectivity index (χ4n) is 5.61. The van der Waals surface area contributed by atoms with Gasteiger partial charge in [0.2, 0.25) is 17.7 Å². The number of nitrogens with zero attached hydrogens (tertiary/aromatic N) is 3. The number of halogens is 1. The molecule has 10 heteroatoms. The molecule has 3 atom stereocenters. The van der Waals surface area contributed by atoms with Crippen molar-refractivity contribution in [2.45, 2.75) is 48.9 Å². The number of fused-ring (bicyclic) bond motifs is 2. The molecule has 3 aliphatic heterocycles. The van der Waals surface area contributed by atoms with Crippen molar-refractivity contribution in [3.8, 4) is 0 Å². The van der Waals surface area contributed by atoms with E-state index in [4.69, 9.17) is 0 Å². The SMILES string of the molecule is Cc1ccc(N2C(=O)[C@H]3[C@H](c4ccc(Br)cc4)c4sc(=O)n(CC(=O)N5CCCCC5)c4S[C@H]3C2=O)cc1. The molecular formula is C28H26BrN3O4S2. The van der Waals surface area contributed by atoms with Gasteiger partial charge in [-0.25, -0.2) is 4.90 Å². The summed E-state index contributed by atoms with van der Waals surface area (Å²) >= 11 is 5.82. The number of anilines is 1. The van der Waals surface area contributed by atoms with E-state index in [-0.39, 0.29) is 29.1 Å². The van der Waals surface area contributed by atoms with Crippen molar-refractivity contribution in [2.75, 3.05) is 18.0 Å². The van der Waals surface area contributed by atoms with Gasteiger partial charge in [0.25, 0.3) is 0 Å². The highest BCUT2D eigenvalue weighted by Crippen LogP contribution is 2.54. The minimum atomic E-state index is -0.685. The van der Waals surface area contributed by atoms with Gasteiger partial charge in [-0.1, -0.05) is 68.9 Å². The number of piperidine rings is 1. The molecule has 2 fully saturated rings. The van der Waals surface area contributed by atoms with E-state index < -0.39 is 17.1 Å². The molecule has 0 saturated carbocycles. The number of aromatic nitrogens is 1. The average molecular weight is 613 g/mol. The maximum Gasteiger partial charge on any atom is 0.308 e. The molecule has 1 aromatic heterocycles. The second kappa shape index (κ2) is 10.1. The average Bonchev–Trinajstić information content (AvgIpc) is 3.36. The van der Waals surface area contributed by atoms with Crippen molar-refractivity contribution in [3.05, 3.63) is 78.7 Å². The molecule has 7 nitrogen and oxygen atoms in total. The van der Waals surface area contributed by atoms with Crippen molar-refractivity contribution in [3.63, 3.8) is 0 Å². The molecule has 2 saturated heterocycles. The molecule has 0 unspecified atom stereocenters. The largest absolute Gasteiger partial charge is 0.341 e. The normalized spacial score (nSPS) is 22.9. The van der Waals surface area contributed by atoms with Crippen molar-refractivity contribution < 1.29 is 14.4 Å². The van der Waals surface area contributed by atoms with Crippen LogP contribution in [0.2, 0.25) is 0 Å². The lowest BCUT2D eigenvalue weighted by Crippen LogP contribution is -2.39. The van der Waals surface area contributed by atoms with Gasteiger partial charge in [-0.2, -0.15) is 0 Å². The van der Waals surface area contributed by atoms with Gasteiger partial charge < -0.3 is 4.90 Å². The van der Waals surface area contributed by atoms with Crippen molar-refractivity contribution in [2.24, 2.45) is 5.92 Å². The van der Waals surface area contributed by atoms with E-state index in [9.17, 15) is 19.2 Å². The summed E-state index contributed by atoms with van der Waals surface area (Å²) in [4.78, 5) is 57.7. The zero-order chi connectivity index (χ0) is 26.6. The van der Waals surface area contributed by atoms with Crippen LogP contribution in [0.5, 0.6) is 0 Å². The summed E-state index contributed by atoms with van der Waals surface area (Å²) in [5, 5.41) is -0.0540. The molecule has 0 N–H and O–H groups in total. The van der Waals surface area contributed by atoms with Crippen LogP contribution in [0.4, 0.5) is 5.69 Å². The van der Waals surface area contributed by atoms with Crippen LogP contribution in [0.1, 0.15) is 41.2 Å². The van der Waals surface area contributed by atoms with Crippen LogP contribution in [0.25, 0.3) is 0 Å². The Bertz CT molecular complexity index is 1480. The fourth-order valence-corrected chi connectivity index (χ4v) is 8.65. The van der Waals surface area contributed by atoms with Crippen molar-refractivity contribution in [1.82, 2.24) is 9.47 Å². The van der Waals surface area contributed by atoms with Crippen LogP contribution in [0.3, 0.4) is 0 Å². The third-order valence-electron chi connectivity index (χ3n) is 7.57.